The number of aromatic nitrogens is 2. The molecule has 174 valence electrons. The maximum absolute atomic E-state index is 12.6. The van der Waals surface area contributed by atoms with E-state index in [1.54, 1.807) is 38.3 Å². The van der Waals surface area contributed by atoms with Gasteiger partial charge >= 0.3 is 0 Å². The predicted molar refractivity (Wildman–Crippen MR) is 126 cm³/mol. The van der Waals surface area contributed by atoms with E-state index in [0.29, 0.717) is 28.8 Å². The number of aryl methyl sites for hydroxylation is 1. The second kappa shape index (κ2) is 10.9. The minimum Gasteiger partial charge on any atom is -0.493 e. The summed E-state index contributed by atoms with van der Waals surface area (Å²) in [6.07, 6.45) is -0.839. The SMILES string of the molecule is CCOc1ccc(CNC(=O)C(C)Oc2ccc(=O)n(-c3cc(Cl)ccc3C)n2)cc1OC. The van der Waals surface area contributed by atoms with Crippen molar-refractivity contribution < 1.29 is 19.0 Å². The smallest absolute Gasteiger partial charge is 0.271 e. The van der Waals surface area contributed by atoms with Gasteiger partial charge in [-0.25, -0.2) is 0 Å². The van der Waals surface area contributed by atoms with Crippen LogP contribution >= 0.6 is 11.6 Å². The van der Waals surface area contributed by atoms with E-state index in [0.717, 1.165) is 11.1 Å². The zero-order valence-electron chi connectivity index (χ0n) is 18.9. The first-order valence-electron chi connectivity index (χ1n) is 10.4. The molecular formula is C24H26ClN3O5. The normalized spacial score (nSPS) is 11.5. The Balaban J connectivity index is 1.68. The highest BCUT2D eigenvalue weighted by Gasteiger charge is 2.17. The zero-order chi connectivity index (χ0) is 24.0. The summed E-state index contributed by atoms with van der Waals surface area (Å²) in [7, 11) is 1.56. The molecule has 33 heavy (non-hydrogen) atoms. The monoisotopic (exact) mass is 471 g/mol. The standard InChI is InChI=1S/C24H26ClN3O5/c1-5-32-20-9-7-17(12-21(20)31-4)14-26-24(30)16(3)33-22-10-11-23(29)28(27-22)19-13-18(25)8-6-15(19)2/h6-13,16H,5,14H2,1-4H3,(H,26,30). The average molecular weight is 472 g/mol. The Morgan fingerprint density at radius 1 is 1.15 bits per heavy atom. The van der Waals surface area contributed by atoms with Crippen molar-refractivity contribution in [3.63, 3.8) is 0 Å². The largest absolute Gasteiger partial charge is 0.493 e. The summed E-state index contributed by atoms with van der Waals surface area (Å²) in [5.74, 6) is 1.04. The number of nitrogens with one attached hydrogen (secondary N) is 1. The van der Waals surface area contributed by atoms with Crippen LogP contribution in [0.4, 0.5) is 0 Å². The number of carbonyl (C=O) groups is 1. The molecule has 0 saturated carbocycles. The third-order valence-corrected chi connectivity index (χ3v) is 5.07. The zero-order valence-corrected chi connectivity index (χ0v) is 19.7. The molecule has 0 aliphatic rings. The van der Waals surface area contributed by atoms with Crippen LogP contribution in [0.25, 0.3) is 5.69 Å². The molecule has 1 unspecified atom stereocenters. The first kappa shape index (κ1) is 24.1. The summed E-state index contributed by atoms with van der Waals surface area (Å²) >= 11 is 6.07. The molecule has 0 radical (unpaired) electrons. The number of hydrogen-bond acceptors (Lipinski definition) is 6. The van der Waals surface area contributed by atoms with Crippen molar-refractivity contribution in [2.75, 3.05) is 13.7 Å². The van der Waals surface area contributed by atoms with E-state index in [-0.39, 0.29) is 23.9 Å². The number of methoxy groups -OCH3 is 1. The van der Waals surface area contributed by atoms with Crippen molar-refractivity contribution >= 4 is 17.5 Å². The van der Waals surface area contributed by atoms with E-state index in [4.69, 9.17) is 25.8 Å². The number of halogens is 1. The second-order valence-electron chi connectivity index (χ2n) is 7.25. The molecule has 9 heteroatoms. The van der Waals surface area contributed by atoms with Gasteiger partial charge in [0.15, 0.2) is 17.6 Å². The van der Waals surface area contributed by atoms with Crippen molar-refractivity contribution in [1.82, 2.24) is 15.1 Å². The van der Waals surface area contributed by atoms with Crippen LogP contribution in [0, 0.1) is 6.92 Å². The minimum atomic E-state index is -0.839. The van der Waals surface area contributed by atoms with E-state index in [1.807, 2.05) is 26.0 Å². The molecule has 3 rings (SSSR count). The van der Waals surface area contributed by atoms with Gasteiger partial charge in [0.25, 0.3) is 11.5 Å². The summed E-state index contributed by atoms with van der Waals surface area (Å²) in [4.78, 5) is 24.9. The summed E-state index contributed by atoms with van der Waals surface area (Å²) in [5.41, 5.74) is 1.87. The van der Waals surface area contributed by atoms with Crippen LogP contribution in [0.3, 0.4) is 0 Å². The van der Waals surface area contributed by atoms with Crippen LogP contribution in [0.1, 0.15) is 25.0 Å². The molecule has 0 saturated heterocycles. The van der Waals surface area contributed by atoms with Crippen LogP contribution in [0.2, 0.25) is 5.02 Å². The molecule has 1 heterocycles. The highest BCUT2D eigenvalue weighted by molar-refractivity contribution is 6.30. The Hall–Kier alpha value is -3.52. The van der Waals surface area contributed by atoms with Crippen LogP contribution < -0.4 is 25.1 Å². The molecule has 1 aromatic heterocycles. The van der Waals surface area contributed by atoms with Gasteiger partial charge in [0, 0.05) is 23.7 Å². The number of carbonyl (C=O) groups excluding carboxylic acids is 1. The van der Waals surface area contributed by atoms with Crippen LogP contribution in [-0.2, 0) is 11.3 Å². The molecule has 2 aromatic carbocycles. The first-order chi connectivity index (χ1) is 15.8. The third-order valence-electron chi connectivity index (χ3n) is 4.84. The van der Waals surface area contributed by atoms with Crippen molar-refractivity contribution in [2.24, 2.45) is 0 Å². The summed E-state index contributed by atoms with van der Waals surface area (Å²) in [6, 6.07) is 13.4. The topological polar surface area (TPSA) is 91.7 Å². The Kier molecular flexibility index (Phi) is 7.95. The summed E-state index contributed by atoms with van der Waals surface area (Å²) < 4.78 is 17.7. The Labute approximate surface area is 197 Å². The highest BCUT2D eigenvalue weighted by atomic mass is 35.5. The Bertz CT molecular complexity index is 1190. The van der Waals surface area contributed by atoms with Gasteiger partial charge in [-0.3, -0.25) is 9.59 Å². The van der Waals surface area contributed by atoms with Crippen LogP contribution in [0.15, 0.2) is 53.3 Å². The second-order valence-corrected chi connectivity index (χ2v) is 7.68. The Morgan fingerprint density at radius 2 is 1.94 bits per heavy atom. The predicted octanol–water partition coefficient (Wildman–Crippen LogP) is 3.69. The van der Waals surface area contributed by atoms with E-state index >= 15 is 0 Å². The van der Waals surface area contributed by atoms with Crippen LogP contribution in [0.5, 0.6) is 17.4 Å². The maximum Gasteiger partial charge on any atom is 0.271 e. The van der Waals surface area contributed by atoms with Gasteiger partial charge in [0.2, 0.25) is 5.88 Å². The molecule has 0 fully saturated rings. The van der Waals surface area contributed by atoms with E-state index < -0.39 is 6.10 Å². The molecule has 0 aliphatic heterocycles. The third kappa shape index (κ3) is 6.04. The lowest BCUT2D eigenvalue weighted by Crippen LogP contribution is -2.36. The van der Waals surface area contributed by atoms with Gasteiger partial charge < -0.3 is 19.5 Å². The van der Waals surface area contributed by atoms with Gasteiger partial charge in [-0.05, 0) is 56.2 Å². The fourth-order valence-electron chi connectivity index (χ4n) is 3.10. The number of ether oxygens (including phenoxy) is 3. The lowest BCUT2D eigenvalue weighted by atomic mass is 10.2. The molecule has 1 amide bonds. The van der Waals surface area contributed by atoms with Crippen molar-refractivity contribution in [3.05, 3.63) is 75.0 Å². The van der Waals surface area contributed by atoms with Crippen molar-refractivity contribution in [3.8, 4) is 23.1 Å². The molecule has 0 aliphatic carbocycles. The molecule has 3 aromatic rings. The van der Waals surface area contributed by atoms with Crippen molar-refractivity contribution in [1.29, 1.82) is 0 Å². The number of benzene rings is 2. The summed E-state index contributed by atoms with van der Waals surface area (Å²) in [5, 5.41) is 7.55. The summed E-state index contributed by atoms with van der Waals surface area (Å²) in [6.45, 7) is 6.16. The maximum atomic E-state index is 12.6. The molecule has 0 bridgehead atoms. The number of hydrogen-bond donors (Lipinski definition) is 1. The Morgan fingerprint density at radius 3 is 2.67 bits per heavy atom. The number of nitrogens with zero attached hydrogens (tertiary/aromatic N) is 2. The minimum absolute atomic E-state index is 0.138. The van der Waals surface area contributed by atoms with Gasteiger partial charge in [-0.1, -0.05) is 23.7 Å². The fourth-order valence-corrected chi connectivity index (χ4v) is 3.27. The molecule has 8 nitrogen and oxygen atoms in total. The molecular weight excluding hydrogens is 446 g/mol. The first-order valence-corrected chi connectivity index (χ1v) is 10.8. The van der Waals surface area contributed by atoms with Crippen molar-refractivity contribution in [2.45, 2.75) is 33.4 Å². The van der Waals surface area contributed by atoms with E-state index in [2.05, 4.69) is 10.4 Å². The number of rotatable bonds is 9. The quantitative estimate of drug-likeness (QED) is 0.511. The number of amides is 1. The van der Waals surface area contributed by atoms with E-state index in [1.165, 1.54) is 16.8 Å². The van der Waals surface area contributed by atoms with E-state index in [9.17, 15) is 9.59 Å². The molecule has 1 atom stereocenters. The lowest BCUT2D eigenvalue weighted by Gasteiger charge is -2.16. The molecule has 1 N–H and O–H groups in total. The highest BCUT2D eigenvalue weighted by Crippen LogP contribution is 2.28. The fraction of sp³-hybridized carbons (Fsp3) is 0.292. The van der Waals surface area contributed by atoms with Gasteiger partial charge in [-0.2, -0.15) is 4.68 Å². The van der Waals surface area contributed by atoms with Crippen LogP contribution in [-0.4, -0.2) is 35.5 Å². The molecule has 0 spiro atoms. The average Bonchev–Trinajstić information content (AvgIpc) is 2.81. The van der Waals surface area contributed by atoms with Gasteiger partial charge in [0.1, 0.15) is 0 Å². The van der Waals surface area contributed by atoms with Gasteiger partial charge in [0.05, 0.1) is 19.4 Å². The lowest BCUT2D eigenvalue weighted by molar-refractivity contribution is -0.127. The van der Waals surface area contributed by atoms with Gasteiger partial charge in [-0.15, -0.1) is 5.10 Å².